The number of aryl methyl sites for hydroxylation is 1. The summed E-state index contributed by atoms with van der Waals surface area (Å²) in [4.78, 5) is 36.7. The number of fused-ring (bicyclic) bond motifs is 3. The molecule has 0 radical (unpaired) electrons. The molecule has 4 aliphatic rings. The summed E-state index contributed by atoms with van der Waals surface area (Å²) < 4.78 is 11.2. The monoisotopic (exact) mass is 396 g/mol. The predicted molar refractivity (Wildman–Crippen MR) is 105 cm³/mol. The quantitative estimate of drug-likeness (QED) is 0.556. The lowest BCUT2D eigenvalue weighted by Gasteiger charge is -2.56. The molecule has 154 valence electrons. The highest BCUT2D eigenvalue weighted by atomic mass is 16.6. The van der Waals surface area contributed by atoms with Gasteiger partial charge in [0, 0.05) is 31.6 Å². The normalized spacial score (nSPS) is 39.3. The first kappa shape index (κ1) is 18.8. The highest BCUT2D eigenvalue weighted by molar-refractivity contribution is 5.89. The third-order valence-electron chi connectivity index (χ3n) is 8.82. The Morgan fingerprint density at radius 2 is 1.79 bits per heavy atom. The number of Topliss-reactive ketones (excluding diaryl/α,β-unsaturated/α-hetero) is 1. The molecule has 5 heteroatoms. The number of carbonyl (C=O) groups excluding carboxylic acids is 3. The van der Waals surface area contributed by atoms with Gasteiger partial charge in [-0.3, -0.25) is 14.4 Å². The van der Waals surface area contributed by atoms with Gasteiger partial charge in [0.05, 0.1) is 0 Å². The SMILES string of the molecule is CC(=O)Oc1ccc2c(c1)CC[C@@H]1[C@H]2C(=O)C[C@]2(C)C3(OC(C)=O)CCC12CC3. The summed E-state index contributed by atoms with van der Waals surface area (Å²) in [6, 6.07) is 5.73. The zero-order valence-corrected chi connectivity index (χ0v) is 17.4. The highest BCUT2D eigenvalue weighted by Crippen LogP contribution is 2.77. The number of carbonyl (C=O) groups is 3. The van der Waals surface area contributed by atoms with Crippen molar-refractivity contribution in [3.05, 3.63) is 29.3 Å². The summed E-state index contributed by atoms with van der Waals surface area (Å²) in [5, 5.41) is 0. The van der Waals surface area contributed by atoms with E-state index in [0.29, 0.717) is 18.1 Å². The minimum Gasteiger partial charge on any atom is -0.459 e. The van der Waals surface area contributed by atoms with E-state index in [1.165, 1.54) is 13.8 Å². The molecule has 0 unspecified atom stereocenters. The van der Waals surface area contributed by atoms with Crippen molar-refractivity contribution in [2.75, 3.05) is 0 Å². The predicted octanol–water partition coefficient (Wildman–Crippen LogP) is 4.11. The summed E-state index contributed by atoms with van der Waals surface area (Å²) in [5.74, 6) is 0.461. The van der Waals surface area contributed by atoms with Crippen LogP contribution in [0.4, 0.5) is 0 Å². The average Bonchev–Trinajstić information content (AvgIpc) is 3.02. The molecule has 0 aromatic heterocycles. The fraction of sp³-hybridized carbons (Fsp3) is 0.625. The van der Waals surface area contributed by atoms with Crippen LogP contribution in [0, 0.1) is 16.7 Å². The summed E-state index contributed by atoms with van der Waals surface area (Å²) >= 11 is 0. The Balaban J connectivity index is 1.55. The van der Waals surface area contributed by atoms with Crippen LogP contribution >= 0.6 is 0 Å². The molecule has 0 spiro atoms. The topological polar surface area (TPSA) is 69.7 Å². The van der Waals surface area contributed by atoms with Crippen molar-refractivity contribution >= 4 is 17.7 Å². The van der Waals surface area contributed by atoms with Gasteiger partial charge in [0.1, 0.15) is 17.1 Å². The fourth-order valence-electron chi connectivity index (χ4n) is 7.74. The van der Waals surface area contributed by atoms with E-state index in [4.69, 9.17) is 9.47 Å². The number of ketones is 1. The number of esters is 2. The molecule has 3 saturated carbocycles. The summed E-state index contributed by atoms with van der Waals surface area (Å²) in [5.41, 5.74) is 1.56. The number of rotatable bonds is 2. The standard InChI is InChI=1S/C24H28O5/c1-14(25)28-17-5-6-18-16(12-17)4-7-19-21(18)20(27)13-22(3)23(19)8-10-24(22,11-9-23)29-15(2)26/h5-6,12,19,21H,4,7-11,13H2,1-3H3/t19-,21+,22+,23?,24?/m1/s1. The lowest BCUT2D eigenvalue weighted by atomic mass is 9.47. The molecular formula is C24H28O5. The maximum absolute atomic E-state index is 13.5. The van der Waals surface area contributed by atoms with E-state index < -0.39 is 5.60 Å². The van der Waals surface area contributed by atoms with Crippen molar-refractivity contribution in [2.24, 2.45) is 16.7 Å². The Morgan fingerprint density at radius 1 is 1.07 bits per heavy atom. The van der Waals surface area contributed by atoms with Crippen LogP contribution in [0.15, 0.2) is 18.2 Å². The number of ether oxygens (including phenoxy) is 2. The molecule has 5 nitrogen and oxygen atoms in total. The zero-order chi connectivity index (χ0) is 20.6. The van der Waals surface area contributed by atoms with Crippen molar-refractivity contribution in [1.29, 1.82) is 0 Å². The minimum absolute atomic E-state index is 0.0628. The number of hydrogen-bond acceptors (Lipinski definition) is 5. The van der Waals surface area contributed by atoms with Crippen LogP contribution in [-0.4, -0.2) is 23.3 Å². The first-order valence-electron chi connectivity index (χ1n) is 10.7. The van der Waals surface area contributed by atoms with E-state index in [1.807, 2.05) is 18.2 Å². The smallest absolute Gasteiger partial charge is 0.308 e. The minimum atomic E-state index is -0.473. The fourth-order valence-corrected chi connectivity index (χ4v) is 7.74. The maximum atomic E-state index is 13.5. The van der Waals surface area contributed by atoms with Crippen molar-refractivity contribution < 1.29 is 23.9 Å². The Labute approximate surface area is 171 Å². The Kier molecular flexibility index (Phi) is 3.85. The molecule has 29 heavy (non-hydrogen) atoms. The second-order valence-corrected chi connectivity index (χ2v) is 9.80. The van der Waals surface area contributed by atoms with Crippen LogP contribution in [-0.2, 0) is 25.5 Å². The molecular weight excluding hydrogens is 368 g/mol. The lowest BCUT2D eigenvalue weighted by Crippen LogP contribution is -2.56. The summed E-state index contributed by atoms with van der Waals surface area (Å²) in [6.45, 7) is 5.10. The van der Waals surface area contributed by atoms with Crippen molar-refractivity contribution in [3.8, 4) is 5.75 Å². The van der Waals surface area contributed by atoms with Crippen molar-refractivity contribution in [2.45, 2.75) is 77.2 Å². The zero-order valence-electron chi connectivity index (χ0n) is 17.4. The number of hydrogen-bond donors (Lipinski definition) is 0. The summed E-state index contributed by atoms with van der Waals surface area (Å²) in [6.07, 6.45) is 6.14. The average molecular weight is 396 g/mol. The maximum Gasteiger partial charge on any atom is 0.308 e. The molecule has 4 aliphatic carbocycles. The van der Waals surface area contributed by atoms with E-state index in [1.54, 1.807) is 0 Å². The van der Waals surface area contributed by atoms with Crippen molar-refractivity contribution in [3.63, 3.8) is 0 Å². The van der Waals surface area contributed by atoms with Crippen LogP contribution in [0.1, 0.15) is 76.3 Å². The van der Waals surface area contributed by atoms with Gasteiger partial charge in [0.2, 0.25) is 0 Å². The van der Waals surface area contributed by atoms with Gasteiger partial charge in [-0.1, -0.05) is 13.0 Å². The van der Waals surface area contributed by atoms with E-state index in [2.05, 4.69) is 6.92 Å². The van der Waals surface area contributed by atoms with Gasteiger partial charge in [-0.05, 0) is 73.1 Å². The lowest BCUT2D eigenvalue weighted by molar-refractivity contribution is -0.176. The van der Waals surface area contributed by atoms with Crippen LogP contribution in [0.25, 0.3) is 0 Å². The molecule has 0 heterocycles. The van der Waals surface area contributed by atoms with Crippen LogP contribution in [0.3, 0.4) is 0 Å². The van der Waals surface area contributed by atoms with E-state index >= 15 is 0 Å². The molecule has 0 aliphatic heterocycles. The molecule has 1 aromatic carbocycles. The third kappa shape index (κ3) is 2.30. The largest absolute Gasteiger partial charge is 0.459 e. The first-order chi connectivity index (χ1) is 13.7. The van der Waals surface area contributed by atoms with E-state index in [9.17, 15) is 14.4 Å². The molecule has 3 atom stereocenters. The molecule has 3 fully saturated rings. The molecule has 5 rings (SSSR count). The molecule has 2 bridgehead atoms. The van der Waals surface area contributed by atoms with Gasteiger partial charge in [0.25, 0.3) is 0 Å². The summed E-state index contributed by atoms with van der Waals surface area (Å²) in [7, 11) is 0. The molecule has 0 saturated heterocycles. The van der Waals surface area contributed by atoms with Gasteiger partial charge in [-0.25, -0.2) is 0 Å². The van der Waals surface area contributed by atoms with Gasteiger partial charge >= 0.3 is 11.9 Å². The van der Waals surface area contributed by atoms with E-state index in [-0.39, 0.29) is 34.5 Å². The van der Waals surface area contributed by atoms with Gasteiger partial charge in [-0.2, -0.15) is 0 Å². The second-order valence-electron chi connectivity index (χ2n) is 9.80. The number of benzene rings is 1. The first-order valence-corrected chi connectivity index (χ1v) is 10.7. The Hall–Kier alpha value is -2.17. The Bertz CT molecular complexity index is 923. The van der Waals surface area contributed by atoms with Gasteiger partial charge in [-0.15, -0.1) is 0 Å². The van der Waals surface area contributed by atoms with Crippen LogP contribution in [0.2, 0.25) is 0 Å². The van der Waals surface area contributed by atoms with Gasteiger partial charge < -0.3 is 9.47 Å². The van der Waals surface area contributed by atoms with E-state index in [0.717, 1.165) is 49.7 Å². The second kappa shape index (κ2) is 5.93. The van der Waals surface area contributed by atoms with Crippen LogP contribution in [0.5, 0.6) is 5.75 Å². The van der Waals surface area contributed by atoms with Gasteiger partial charge in [0.15, 0.2) is 0 Å². The Morgan fingerprint density at radius 3 is 2.45 bits per heavy atom. The molecule has 1 aromatic rings. The third-order valence-corrected chi connectivity index (χ3v) is 8.82. The van der Waals surface area contributed by atoms with Crippen molar-refractivity contribution in [1.82, 2.24) is 0 Å². The molecule has 0 amide bonds. The van der Waals surface area contributed by atoms with Crippen LogP contribution < -0.4 is 4.74 Å². The highest BCUT2D eigenvalue weighted by Gasteiger charge is 2.76. The molecule has 0 N–H and O–H groups in total.